The first-order valence-corrected chi connectivity index (χ1v) is 6.08. The Morgan fingerprint density at radius 1 is 1.47 bits per heavy atom. The third kappa shape index (κ3) is 4.20. The molecule has 84 valence electrons. The molecule has 1 heterocycles. The molecule has 1 aromatic heterocycles. The highest BCUT2D eigenvalue weighted by atomic mass is 32.2. The van der Waals surface area contributed by atoms with Gasteiger partial charge in [0.2, 0.25) is 0 Å². The molecule has 2 atom stereocenters. The maximum absolute atomic E-state index is 8.84. The van der Waals surface area contributed by atoms with Crippen molar-refractivity contribution in [3.8, 4) is 0 Å². The minimum absolute atomic E-state index is 0.238. The fraction of sp³-hybridized carbons (Fsp3) is 0.545. The number of thioether (sulfide) groups is 1. The summed E-state index contributed by atoms with van der Waals surface area (Å²) in [5, 5.41) is 9.57. The molecule has 15 heavy (non-hydrogen) atoms. The van der Waals surface area contributed by atoms with E-state index in [0.717, 1.165) is 6.42 Å². The van der Waals surface area contributed by atoms with Crippen molar-refractivity contribution in [1.29, 1.82) is 0 Å². The lowest BCUT2D eigenvalue weighted by Crippen LogP contribution is -2.13. The lowest BCUT2D eigenvalue weighted by molar-refractivity contribution is 0.289. The second-order valence-electron chi connectivity index (χ2n) is 3.46. The molecule has 1 rings (SSSR count). The monoisotopic (exact) mass is 226 g/mol. The van der Waals surface area contributed by atoms with Gasteiger partial charge in [0.15, 0.2) is 0 Å². The van der Waals surface area contributed by atoms with Gasteiger partial charge in [-0.05, 0) is 24.1 Å². The molecule has 0 fully saturated rings. The van der Waals surface area contributed by atoms with Crippen LogP contribution in [-0.2, 0) is 0 Å². The summed E-state index contributed by atoms with van der Waals surface area (Å²) < 4.78 is 0. The van der Waals surface area contributed by atoms with Crippen LogP contribution in [0.15, 0.2) is 24.5 Å². The van der Waals surface area contributed by atoms with Crippen LogP contribution in [0.3, 0.4) is 0 Å². The molecule has 0 aromatic carbocycles. The second kappa shape index (κ2) is 6.82. The number of hydrogen-bond donors (Lipinski definition) is 2. The summed E-state index contributed by atoms with van der Waals surface area (Å²) in [6.07, 6.45) is 4.39. The van der Waals surface area contributed by atoms with Crippen LogP contribution in [0.2, 0.25) is 0 Å². The Morgan fingerprint density at radius 2 is 2.13 bits per heavy atom. The normalized spacial score (nSPS) is 14.9. The van der Waals surface area contributed by atoms with E-state index in [1.807, 2.05) is 23.9 Å². The van der Waals surface area contributed by atoms with Crippen molar-refractivity contribution in [2.45, 2.75) is 23.8 Å². The highest BCUT2D eigenvalue weighted by Gasteiger charge is 2.13. The first-order valence-electron chi connectivity index (χ1n) is 5.14. The summed E-state index contributed by atoms with van der Waals surface area (Å²) >= 11 is 1.81. The minimum Gasteiger partial charge on any atom is -0.396 e. The number of aliphatic hydroxyl groups is 1. The van der Waals surface area contributed by atoms with Crippen molar-refractivity contribution in [1.82, 2.24) is 4.98 Å². The van der Waals surface area contributed by atoms with Crippen molar-refractivity contribution >= 4 is 11.8 Å². The van der Waals surface area contributed by atoms with Crippen LogP contribution >= 0.6 is 11.8 Å². The topological polar surface area (TPSA) is 59.1 Å². The minimum atomic E-state index is 0.238. The van der Waals surface area contributed by atoms with Crippen LogP contribution in [0.5, 0.6) is 0 Å². The zero-order valence-corrected chi connectivity index (χ0v) is 9.78. The van der Waals surface area contributed by atoms with Crippen LogP contribution in [0, 0.1) is 0 Å². The summed E-state index contributed by atoms with van der Waals surface area (Å²) in [4.78, 5) is 3.99. The van der Waals surface area contributed by atoms with Gasteiger partial charge in [-0.25, -0.2) is 0 Å². The summed E-state index contributed by atoms with van der Waals surface area (Å²) in [5.41, 5.74) is 6.96. The Bertz CT molecular complexity index is 269. The fourth-order valence-corrected chi connectivity index (χ4v) is 2.61. The largest absolute Gasteiger partial charge is 0.396 e. The van der Waals surface area contributed by atoms with Gasteiger partial charge in [0, 0.05) is 36.0 Å². The van der Waals surface area contributed by atoms with Crippen molar-refractivity contribution in [3.63, 3.8) is 0 Å². The third-order valence-corrected chi connectivity index (χ3v) is 3.72. The molecular weight excluding hydrogens is 208 g/mol. The highest BCUT2D eigenvalue weighted by Crippen LogP contribution is 2.31. The Kier molecular flexibility index (Phi) is 5.68. The predicted octanol–water partition coefficient (Wildman–Crippen LogP) is 1.59. The first kappa shape index (κ1) is 12.5. The first-order chi connectivity index (χ1) is 7.27. The molecule has 3 N–H and O–H groups in total. The molecule has 2 unspecified atom stereocenters. The summed E-state index contributed by atoms with van der Waals surface area (Å²) in [5.74, 6) is 0. The van der Waals surface area contributed by atoms with Crippen LogP contribution in [0.4, 0.5) is 0 Å². The van der Waals surface area contributed by atoms with E-state index in [9.17, 15) is 0 Å². The molecule has 3 nitrogen and oxygen atoms in total. The number of nitrogens with zero attached hydrogens (tertiary/aromatic N) is 1. The van der Waals surface area contributed by atoms with E-state index >= 15 is 0 Å². The average Bonchev–Trinajstić information content (AvgIpc) is 2.27. The standard InChI is InChI=1S/C11H18N2OS/c1-9(4-7-14)15-11(8-12)10-2-5-13-6-3-10/h2-3,5-6,9,11,14H,4,7-8,12H2,1H3. The Morgan fingerprint density at radius 3 is 2.67 bits per heavy atom. The molecule has 4 heteroatoms. The van der Waals surface area contributed by atoms with Gasteiger partial charge in [-0.15, -0.1) is 11.8 Å². The molecule has 1 aromatic rings. The van der Waals surface area contributed by atoms with E-state index in [0.29, 0.717) is 17.0 Å². The van der Waals surface area contributed by atoms with E-state index in [2.05, 4.69) is 11.9 Å². The summed E-state index contributed by atoms with van der Waals surface area (Å²) in [6, 6.07) is 3.99. The van der Waals surface area contributed by atoms with Crippen LogP contribution in [-0.4, -0.2) is 28.5 Å². The molecular formula is C11H18N2OS. The molecule has 0 saturated carbocycles. The Hall–Kier alpha value is -0.580. The van der Waals surface area contributed by atoms with Gasteiger partial charge in [0.05, 0.1) is 0 Å². The molecule has 0 saturated heterocycles. The second-order valence-corrected chi connectivity index (χ2v) is 5.11. The lowest BCUT2D eigenvalue weighted by atomic mass is 10.2. The quantitative estimate of drug-likeness (QED) is 0.773. The SMILES string of the molecule is CC(CCO)SC(CN)c1ccncc1. The fourth-order valence-electron chi connectivity index (χ4n) is 1.38. The molecule has 0 bridgehead atoms. The van der Waals surface area contributed by atoms with E-state index in [1.54, 1.807) is 12.4 Å². The van der Waals surface area contributed by atoms with Gasteiger partial charge in [0.25, 0.3) is 0 Å². The zero-order chi connectivity index (χ0) is 11.1. The van der Waals surface area contributed by atoms with Gasteiger partial charge in [0.1, 0.15) is 0 Å². The number of pyridine rings is 1. The third-order valence-electron chi connectivity index (χ3n) is 2.22. The number of aromatic nitrogens is 1. The van der Waals surface area contributed by atoms with Gasteiger partial charge < -0.3 is 10.8 Å². The molecule has 0 amide bonds. The van der Waals surface area contributed by atoms with Crippen LogP contribution < -0.4 is 5.73 Å². The van der Waals surface area contributed by atoms with Crippen LogP contribution in [0.25, 0.3) is 0 Å². The molecule has 0 aliphatic heterocycles. The number of rotatable bonds is 6. The van der Waals surface area contributed by atoms with Crippen molar-refractivity contribution in [3.05, 3.63) is 30.1 Å². The molecule has 0 radical (unpaired) electrons. The summed E-state index contributed by atoms with van der Waals surface area (Å²) in [6.45, 7) is 2.97. The van der Waals surface area contributed by atoms with Gasteiger partial charge >= 0.3 is 0 Å². The molecule has 0 aliphatic rings. The van der Waals surface area contributed by atoms with Crippen molar-refractivity contribution in [2.75, 3.05) is 13.2 Å². The summed E-state index contributed by atoms with van der Waals surface area (Å²) in [7, 11) is 0. The zero-order valence-electron chi connectivity index (χ0n) is 8.97. The van der Waals surface area contributed by atoms with Gasteiger partial charge in [-0.2, -0.15) is 0 Å². The number of nitrogens with two attached hydrogens (primary N) is 1. The lowest BCUT2D eigenvalue weighted by Gasteiger charge is -2.18. The smallest absolute Gasteiger partial charge is 0.0441 e. The average molecular weight is 226 g/mol. The van der Waals surface area contributed by atoms with E-state index in [4.69, 9.17) is 10.8 Å². The van der Waals surface area contributed by atoms with E-state index in [1.165, 1.54) is 5.56 Å². The van der Waals surface area contributed by atoms with Crippen molar-refractivity contribution in [2.24, 2.45) is 5.73 Å². The number of hydrogen-bond acceptors (Lipinski definition) is 4. The molecule has 0 spiro atoms. The maximum Gasteiger partial charge on any atom is 0.0441 e. The van der Waals surface area contributed by atoms with Gasteiger partial charge in [-0.3, -0.25) is 4.98 Å². The predicted molar refractivity (Wildman–Crippen MR) is 64.8 cm³/mol. The number of aliphatic hydroxyl groups excluding tert-OH is 1. The van der Waals surface area contributed by atoms with Gasteiger partial charge in [-0.1, -0.05) is 6.92 Å². The highest BCUT2D eigenvalue weighted by molar-refractivity contribution is 8.00. The van der Waals surface area contributed by atoms with E-state index < -0.39 is 0 Å². The maximum atomic E-state index is 8.84. The molecule has 0 aliphatic carbocycles. The Labute approximate surface area is 95.1 Å². The Balaban J connectivity index is 2.56. The van der Waals surface area contributed by atoms with Crippen molar-refractivity contribution < 1.29 is 5.11 Å². The van der Waals surface area contributed by atoms with E-state index in [-0.39, 0.29) is 6.61 Å². The van der Waals surface area contributed by atoms with Crippen LogP contribution in [0.1, 0.15) is 24.2 Å².